The number of unbranched alkanes of at least 4 members (excludes halogenated alkanes) is 1. The minimum Gasteiger partial charge on any atom is -0.496 e. The normalized spacial score (nSPS) is 10.6. The summed E-state index contributed by atoms with van der Waals surface area (Å²) >= 11 is 6.13. The molecule has 0 heterocycles. The summed E-state index contributed by atoms with van der Waals surface area (Å²) in [6.07, 6.45) is 2.02. The number of rotatable bonds is 10. The standard InChI is InChI=1S/C26H26ClNO4/c1-3-4-14-32-17-20-15-19(10-13-24(20)31-2)26(30)28-23-12-11-21(27)16-22(23)25(29)18-8-6-5-7-9-18/h5-13,15-16H,3-4,14,17H2,1-2H3,(H,28,30). The van der Waals surface area contributed by atoms with Crippen molar-refractivity contribution in [2.75, 3.05) is 19.0 Å². The van der Waals surface area contributed by atoms with Crippen molar-refractivity contribution in [1.29, 1.82) is 0 Å². The molecule has 32 heavy (non-hydrogen) atoms. The topological polar surface area (TPSA) is 64.6 Å². The molecule has 3 aromatic rings. The number of halogens is 1. The Morgan fingerprint density at radius 1 is 0.969 bits per heavy atom. The lowest BCUT2D eigenvalue weighted by Crippen LogP contribution is -2.16. The van der Waals surface area contributed by atoms with Crippen molar-refractivity contribution in [3.05, 3.63) is 94.0 Å². The summed E-state index contributed by atoms with van der Waals surface area (Å²) in [5.41, 5.74) is 2.46. The van der Waals surface area contributed by atoms with Gasteiger partial charge in [-0.3, -0.25) is 9.59 Å². The number of hydrogen-bond acceptors (Lipinski definition) is 4. The Morgan fingerprint density at radius 2 is 1.75 bits per heavy atom. The fraction of sp³-hybridized carbons (Fsp3) is 0.231. The van der Waals surface area contributed by atoms with Gasteiger partial charge in [0.1, 0.15) is 5.75 Å². The lowest BCUT2D eigenvalue weighted by Gasteiger charge is -2.13. The highest BCUT2D eigenvalue weighted by Gasteiger charge is 2.17. The molecule has 0 radical (unpaired) electrons. The third-order valence-electron chi connectivity index (χ3n) is 4.95. The summed E-state index contributed by atoms with van der Waals surface area (Å²) in [7, 11) is 1.58. The van der Waals surface area contributed by atoms with Crippen LogP contribution in [0.5, 0.6) is 5.75 Å². The van der Waals surface area contributed by atoms with E-state index in [0.717, 1.165) is 18.4 Å². The van der Waals surface area contributed by atoms with Gasteiger partial charge in [-0.05, 0) is 42.8 Å². The molecule has 0 bridgehead atoms. The van der Waals surface area contributed by atoms with E-state index in [2.05, 4.69) is 12.2 Å². The number of benzene rings is 3. The number of nitrogens with one attached hydrogen (secondary N) is 1. The first kappa shape index (κ1) is 23.5. The smallest absolute Gasteiger partial charge is 0.255 e. The van der Waals surface area contributed by atoms with Crippen molar-refractivity contribution < 1.29 is 19.1 Å². The quantitative estimate of drug-likeness (QED) is 0.296. The lowest BCUT2D eigenvalue weighted by molar-refractivity contribution is 0.102. The van der Waals surface area contributed by atoms with E-state index in [9.17, 15) is 9.59 Å². The molecule has 0 aliphatic heterocycles. The largest absolute Gasteiger partial charge is 0.496 e. The summed E-state index contributed by atoms with van der Waals surface area (Å²) in [5, 5.41) is 3.26. The predicted molar refractivity (Wildman–Crippen MR) is 127 cm³/mol. The minimum absolute atomic E-state index is 0.219. The molecule has 0 fully saturated rings. The Morgan fingerprint density at radius 3 is 2.47 bits per heavy atom. The van der Waals surface area contributed by atoms with Gasteiger partial charge in [-0.15, -0.1) is 0 Å². The van der Waals surface area contributed by atoms with Gasteiger partial charge < -0.3 is 14.8 Å². The zero-order valence-corrected chi connectivity index (χ0v) is 18.9. The van der Waals surface area contributed by atoms with Gasteiger partial charge in [0.2, 0.25) is 0 Å². The van der Waals surface area contributed by atoms with Crippen LogP contribution in [0.25, 0.3) is 0 Å². The molecule has 0 saturated carbocycles. The average molecular weight is 452 g/mol. The van der Waals surface area contributed by atoms with Gasteiger partial charge in [-0.25, -0.2) is 0 Å². The van der Waals surface area contributed by atoms with Crippen molar-refractivity contribution in [2.45, 2.75) is 26.4 Å². The summed E-state index contributed by atoms with van der Waals surface area (Å²) in [6, 6.07) is 18.9. The predicted octanol–water partition coefficient (Wildman–Crippen LogP) is 6.15. The third-order valence-corrected chi connectivity index (χ3v) is 5.19. The molecule has 0 aromatic heterocycles. The van der Waals surface area contributed by atoms with Gasteiger partial charge in [0, 0.05) is 33.9 Å². The van der Waals surface area contributed by atoms with Gasteiger partial charge in [0.25, 0.3) is 5.91 Å². The first-order valence-corrected chi connectivity index (χ1v) is 10.9. The number of ether oxygens (including phenoxy) is 2. The highest BCUT2D eigenvalue weighted by atomic mass is 35.5. The number of hydrogen-bond donors (Lipinski definition) is 1. The molecule has 0 saturated heterocycles. The van der Waals surface area contributed by atoms with Crippen LogP contribution in [0.3, 0.4) is 0 Å². The van der Waals surface area contributed by atoms with Crippen LogP contribution in [0.2, 0.25) is 5.02 Å². The van der Waals surface area contributed by atoms with Gasteiger partial charge in [-0.1, -0.05) is 55.3 Å². The van der Waals surface area contributed by atoms with E-state index in [1.54, 1.807) is 67.8 Å². The third kappa shape index (κ3) is 5.96. The van der Waals surface area contributed by atoms with Crippen molar-refractivity contribution in [2.24, 2.45) is 0 Å². The van der Waals surface area contributed by atoms with Gasteiger partial charge >= 0.3 is 0 Å². The van der Waals surface area contributed by atoms with Crippen molar-refractivity contribution in [3.63, 3.8) is 0 Å². The number of amides is 1. The van der Waals surface area contributed by atoms with E-state index in [4.69, 9.17) is 21.1 Å². The van der Waals surface area contributed by atoms with Gasteiger partial charge in [0.05, 0.1) is 19.4 Å². The second kappa shape index (κ2) is 11.5. The van der Waals surface area contributed by atoms with Crippen LogP contribution in [-0.4, -0.2) is 25.4 Å². The first-order valence-electron chi connectivity index (χ1n) is 10.5. The molecule has 166 valence electrons. The SMILES string of the molecule is CCCCOCc1cc(C(=O)Nc2ccc(Cl)cc2C(=O)c2ccccc2)ccc1OC. The Bertz CT molecular complexity index is 1080. The van der Waals surface area contributed by atoms with E-state index < -0.39 is 0 Å². The molecule has 1 amide bonds. The van der Waals surface area contributed by atoms with E-state index in [1.165, 1.54) is 0 Å². The average Bonchev–Trinajstić information content (AvgIpc) is 2.82. The van der Waals surface area contributed by atoms with Crippen LogP contribution in [0, 0.1) is 0 Å². The van der Waals surface area contributed by atoms with Gasteiger partial charge in [0.15, 0.2) is 5.78 Å². The van der Waals surface area contributed by atoms with E-state index in [-0.39, 0.29) is 11.7 Å². The zero-order chi connectivity index (χ0) is 22.9. The maximum atomic E-state index is 13.0. The zero-order valence-electron chi connectivity index (χ0n) is 18.2. The van der Waals surface area contributed by atoms with E-state index >= 15 is 0 Å². The maximum absolute atomic E-state index is 13.0. The number of carbonyl (C=O) groups is 2. The molecule has 0 spiro atoms. The summed E-state index contributed by atoms with van der Waals surface area (Å²) < 4.78 is 11.1. The van der Waals surface area contributed by atoms with Crippen LogP contribution in [-0.2, 0) is 11.3 Å². The molecular weight excluding hydrogens is 426 g/mol. The van der Waals surface area contributed by atoms with Crippen LogP contribution in [0.1, 0.15) is 51.6 Å². The number of methoxy groups -OCH3 is 1. The summed E-state index contributed by atoms with van der Waals surface area (Å²) in [4.78, 5) is 26.0. The molecule has 0 unspecified atom stereocenters. The van der Waals surface area contributed by atoms with E-state index in [1.807, 2.05) is 6.07 Å². The molecule has 1 N–H and O–H groups in total. The van der Waals surface area contributed by atoms with Gasteiger partial charge in [-0.2, -0.15) is 0 Å². The summed E-state index contributed by atoms with van der Waals surface area (Å²) in [6.45, 7) is 3.09. The fourth-order valence-electron chi connectivity index (χ4n) is 3.21. The Hall–Kier alpha value is -3.15. The first-order chi connectivity index (χ1) is 15.5. The molecule has 3 aromatic carbocycles. The highest BCUT2D eigenvalue weighted by Crippen LogP contribution is 2.26. The summed E-state index contributed by atoms with van der Waals surface area (Å²) in [5.74, 6) is 0.0968. The van der Waals surface area contributed by atoms with Crippen LogP contribution >= 0.6 is 11.6 Å². The van der Waals surface area contributed by atoms with Crippen molar-refractivity contribution in [1.82, 2.24) is 0 Å². The molecule has 6 heteroatoms. The van der Waals surface area contributed by atoms with Crippen molar-refractivity contribution >= 4 is 29.0 Å². The Kier molecular flexibility index (Phi) is 8.42. The molecular formula is C26H26ClNO4. The molecule has 0 atom stereocenters. The molecule has 0 aliphatic rings. The molecule has 3 rings (SSSR count). The Balaban J connectivity index is 1.83. The lowest BCUT2D eigenvalue weighted by atomic mass is 10.0. The number of ketones is 1. The minimum atomic E-state index is -0.341. The van der Waals surface area contributed by atoms with Crippen LogP contribution < -0.4 is 10.1 Å². The second-order valence-corrected chi connectivity index (χ2v) is 7.71. The monoisotopic (exact) mass is 451 g/mol. The van der Waals surface area contributed by atoms with Crippen molar-refractivity contribution in [3.8, 4) is 5.75 Å². The maximum Gasteiger partial charge on any atom is 0.255 e. The molecule has 0 aliphatic carbocycles. The number of carbonyl (C=O) groups excluding carboxylic acids is 2. The Labute approximate surface area is 193 Å². The van der Waals surface area contributed by atoms with Crippen LogP contribution in [0.15, 0.2) is 66.7 Å². The van der Waals surface area contributed by atoms with E-state index in [0.29, 0.717) is 46.4 Å². The fourth-order valence-corrected chi connectivity index (χ4v) is 3.39. The number of anilines is 1. The molecule has 5 nitrogen and oxygen atoms in total. The van der Waals surface area contributed by atoms with Crippen LogP contribution in [0.4, 0.5) is 5.69 Å². The highest BCUT2D eigenvalue weighted by molar-refractivity contribution is 6.31. The second-order valence-electron chi connectivity index (χ2n) is 7.27.